The molecule has 0 saturated heterocycles. The highest BCUT2D eigenvalue weighted by atomic mass is 19.1. The number of carbonyl (C=O) groups is 1. The summed E-state index contributed by atoms with van der Waals surface area (Å²) in [6.45, 7) is 0. The molecule has 2 N–H and O–H groups in total. The van der Waals surface area contributed by atoms with E-state index in [-0.39, 0.29) is 12.2 Å². The Morgan fingerprint density at radius 3 is 2.79 bits per heavy atom. The molecule has 1 aromatic carbocycles. The van der Waals surface area contributed by atoms with Crippen LogP contribution in [0.15, 0.2) is 34.9 Å². The van der Waals surface area contributed by atoms with Crippen LogP contribution >= 0.6 is 0 Å². The van der Waals surface area contributed by atoms with Crippen molar-refractivity contribution in [3.05, 3.63) is 41.8 Å². The van der Waals surface area contributed by atoms with Crippen molar-refractivity contribution >= 4 is 5.97 Å². The summed E-state index contributed by atoms with van der Waals surface area (Å²) in [5, 5.41) is 3.82. The van der Waals surface area contributed by atoms with Gasteiger partial charge < -0.3 is 15.0 Å². The molecule has 0 radical (unpaired) electrons. The number of rotatable bonds is 4. The van der Waals surface area contributed by atoms with E-state index in [1.54, 1.807) is 18.2 Å². The molecule has 100 valence electrons. The van der Waals surface area contributed by atoms with Crippen LogP contribution in [0.2, 0.25) is 0 Å². The predicted octanol–water partition coefficient (Wildman–Crippen LogP) is 1.52. The van der Waals surface area contributed by atoms with E-state index >= 15 is 0 Å². The van der Waals surface area contributed by atoms with Gasteiger partial charge in [-0.05, 0) is 24.3 Å². The molecule has 0 fully saturated rings. The first-order valence-electron chi connectivity index (χ1n) is 5.65. The van der Waals surface area contributed by atoms with E-state index < -0.39 is 12.0 Å². The molecule has 1 heterocycles. The molecule has 1 atom stereocenters. The maximum Gasteiger partial charge on any atom is 0.323 e. The minimum absolute atomic E-state index is 0.220. The van der Waals surface area contributed by atoms with Crippen molar-refractivity contribution in [2.75, 3.05) is 7.11 Å². The zero-order valence-electron chi connectivity index (χ0n) is 10.3. The third-order valence-electron chi connectivity index (χ3n) is 2.62. The van der Waals surface area contributed by atoms with Crippen molar-refractivity contribution in [2.45, 2.75) is 12.5 Å². The molecule has 2 rings (SSSR count). The van der Waals surface area contributed by atoms with Gasteiger partial charge in [0.2, 0.25) is 0 Å². The Labute approximate surface area is 109 Å². The van der Waals surface area contributed by atoms with Crippen molar-refractivity contribution in [1.29, 1.82) is 0 Å². The number of hydrogen-bond donors (Lipinski definition) is 1. The van der Waals surface area contributed by atoms with Crippen molar-refractivity contribution in [3.63, 3.8) is 0 Å². The second-order valence-corrected chi connectivity index (χ2v) is 4.02. The summed E-state index contributed by atoms with van der Waals surface area (Å²) < 4.78 is 22.4. The molecule has 1 aromatic heterocycles. The van der Waals surface area contributed by atoms with Crippen LogP contribution < -0.4 is 5.73 Å². The highest BCUT2D eigenvalue weighted by Gasteiger charge is 2.17. The van der Waals surface area contributed by atoms with Crippen LogP contribution in [-0.2, 0) is 16.0 Å². The Balaban J connectivity index is 2.11. The Kier molecular flexibility index (Phi) is 3.91. The number of aromatic nitrogens is 1. The molecule has 5 nitrogen and oxygen atoms in total. The summed E-state index contributed by atoms with van der Waals surface area (Å²) >= 11 is 0. The lowest BCUT2D eigenvalue weighted by Gasteiger charge is -2.05. The van der Waals surface area contributed by atoms with E-state index in [0.717, 1.165) is 0 Å². The number of methoxy groups -OCH3 is 1. The summed E-state index contributed by atoms with van der Waals surface area (Å²) in [7, 11) is 1.27. The summed E-state index contributed by atoms with van der Waals surface area (Å²) in [5.74, 6) is -0.338. The number of halogens is 1. The third-order valence-corrected chi connectivity index (χ3v) is 2.62. The molecule has 0 saturated carbocycles. The maximum atomic E-state index is 12.8. The van der Waals surface area contributed by atoms with Gasteiger partial charge >= 0.3 is 5.97 Å². The molecule has 0 amide bonds. The summed E-state index contributed by atoms with van der Waals surface area (Å²) in [4.78, 5) is 11.2. The van der Waals surface area contributed by atoms with E-state index in [1.807, 2.05) is 0 Å². The van der Waals surface area contributed by atoms with Crippen LogP contribution in [0.5, 0.6) is 0 Å². The molecule has 0 aliphatic rings. The fraction of sp³-hybridized carbons (Fsp3) is 0.231. The Hall–Kier alpha value is -2.21. The van der Waals surface area contributed by atoms with Crippen molar-refractivity contribution in [1.82, 2.24) is 5.16 Å². The highest BCUT2D eigenvalue weighted by Crippen LogP contribution is 2.21. The van der Waals surface area contributed by atoms with Gasteiger partial charge in [-0.25, -0.2) is 4.39 Å². The quantitative estimate of drug-likeness (QED) is 0.847. The van der Waals surface area contributed by atoms with E-state index in [1.165, 1.54) is 19.2 Å². The number of carbonyl (C=O) groups excluding carboxylic acids is 1. The SMILES string of the molecule is COC(=O)C(N)Cc1cc(-c2ccc(F)cc2)on1. The normalized spacial score (nSPS) is 12.2. The number of nitrogens with zero attached hydrogens (tertiary/aromatic N) is 1. The van der Waals surface area contributed by atoms with E-state index in [0.29, 0.717) is 17.0 Å². The molecule has 6 heteroatoms. The number of ether oxygens (including phenoxy) is 1. The molecular weight excluding hydrogens is 251 g/mol. The van der Waals surface area contributed by atoms with E-state index in [9.17, 15) is 9.18 Å². The minimum atomic E-state index is -0.781. The second kappa shape index (κ2) is 5.62. The summed E-state index contributed by atoms with van der Waals surface area (Å²) in [5.41, 5.74) is 6.86. The fourth-order valence-electron chi connectivity index (χ4n) is 1.62. The van der Waals surface area contributed by atoms with Crippen LogP contribution in [0, 0.1) is 5.82 Å². The lowest BCUT2D eigenvalue weighted by Crippen LogP contribution is -2.33. The van der Waals surface area contributed by atoms with E-state index in [2.05, 4.69) is 9.89 Å². The first kappa shape index (κ1) is 13.2. The van der Waals surface area contributed by atoms with Crippen LogP contribution in [0.25, 0.3) is 11.3 Å². The average molecular weight is 264 g/mol. The summed E-state index contributed by atoms with van der Waals surface area (Å²) in [6, 6.07) is 6.71. The van der Waals surface area contributed by atoms with Crippen molar-refractivity contribution in [2.24, 2.45) is 5.73 Å². The Bertz CT molecular complexity index is 566. The predicted molar refractivity (Wildman–Crippen MR) is 65.6 cm³/mol. The van der Waals surface area contributed by atoms with Crippen LogP contribution in [-0.4, -0.2) is 24.3 Å². The Morgan fingerprint density at radius 2 is 2.16 bits per heavy atom. The molecular formula is C13H13FN2O3. The van der Waals surface area contributed by atoms with Gasteiger partial charge in [-0.1, -0.05) is 5.16 Å². The molecule has 1 unspecified atom stereocenters. The standard InChI is InChI=1S/C13H13FN2O3/c1-18-13(17)11(15)6-10-7-12(19-16-10)8-2-4-9(14)5-3-8/h2-5,7,11H,6,15H2,1H3. The Morgan fingerprint density at radius 1 is 1.47 bits per heavy atom. The lowest BCUT2D eigenvalue weighted by atomic mass is 10.1. The number of hydrogen-bond acceptors (Lipinski definition) is 5. The van der Waals surface area contributed by atoms with Gasteiger partial charge in [0.05, 0.1) is 12.8 Å². The largest absolute Gasteiger partial charge is 0.468 e. The van der Waals surface area contributed by atoms with Crippen molar-refractivity contribution in [3.8, 4) is 11.3 Å². The molecule has 2 aromatic rings. The van der Waals surface area contributed by atoms with E-state index in [4.69, 9.17) is 10.3 Å². The zero-order valence-corrected chi connectivity index (χ0v) is 10.3. The minimum Gasteiger partial charge on any atom is -0.468 e. The van der Waals surface area contributed by atoms with Gasteiger partial charge in [0.1, 0.15) is 11.9 Å². The van der Waals surface area contributed by atoms with Crippen LogP contribution in [0.3, 0.4) is 0 Å². The molecule has 0 aliphatic heterocycles. The van der Waals surface area contributed by atoms with Gasteiger partial charge in [0.25, 0.3) is 0 Å². The molecule has 19 heavy (non-hydrogen) atoms. The van der Waals surface area contributed by atoms with Gasteiger partial charge in [0.15, 0.2) is 5.76 Å². The number of nitrogens with two attached hydrogens (primary N) is 1. The van der Waals surface area contributed by atoms with Gasteiger partial charge in [-0.15, -0.1) is 0 Å². The molecule has 0 bridgehead atoms. The number of esters is 1. The molecule has 0 aliphatic carbocycles. The van der Waals surface area contributed by atoms with Gasteiger partial charge in [-0.3, -0.25) is 4.79 Å². The first-order chi connectivity index (χ1) is 9.10. The average Bonchev–Trinajstić information content (AvgIpc) is 2.87. The monoisotopic (exact) mass is 264 g/mol. The van der Waals surface area contributed by atoms with Gasteiger partial charge in [0, 0.05) is 18.1 Å². The van der Waals surface area contributed by atoms with Gasteiger partial charge in [-0.2, -0.15) is 0 Å². The zero-order chi connectivity index (χ0) is 13.8. The second-order valence-electron chi connectivity index (χ2n) is 4.02. The third kappa shape index (κ3) is 3.17. The topological polar surface area (TPSA) is 78.4 Å². The van der Waals surface area contributed by atoms with Crippen LogP contribution in [0.1, 0.15) is 5.69 Å². The lowest BCUT2D eigenvalue weighted by molar-refractivity contribution is -0.142. The summed E-state index contributed by atoms with van der Waals surface area (Å²) in [6.07, 6.45) is 0.220. The number of benzene rings is 1. The van der Waals surface area contributed by atoms with Crippen LogP contribution in [0.4, 0.5) is 4.39 Å². The van der Waals surface area contributed by atoms with Crippen molar-refractivity contribution < 1.29 is 18.4 Å². The smallest absolute Gasteiger partial charge is 0.323 e. The first-order valence-corrected chi connectivity index (χ1v) is 5.65. The highest BCUT2D eigenvalue weighted by molar-refractivity contribution is 5.75. The maximum absolute atomic E-state index is 12.8. The molecule has 0 spiro atoms. The fourth-order valence-corrected chi connectivity index (χ4v) is 1.62.